The SMILES string of the molecule is COc1ccc2ncc(F)c(CN(CCO)CCCC3CN(c4ccc5c(c4)NC(=O)CO5)C(=O)O3)c2n1. The lowest BCUT2D eigenvalue weighted by molar-refractivity contribution is -0.118. The molecule has 200 valence electrons. The molecular weight excluding hydrogens is 497 g/mol. The number of fused-ring (bicyclic) bond motifs is 2. The topological polar surface area (TPSA) is 126 Å². The number of hydrogen-bond acceptors (Lipinski definition) is 9. The first-order chi connectivity index (χ1) is 18.4. The Bertz CT molecular complexity index is 1360. The molecule has 0 saturated carbocycles. The molecule has 3 aromatic rings. The third kappa shape index (κ3) is 5.46. The molecule has 0 aliphatic carbocycles. The van der Waals surface area contributed by atoms with Crippen molar-refractivity contribution in [2.24, 2.45) is 0 Å². The van der Waals surface area contributed by atoms with Crippen LogP contribution in [0.4, 0.5) is 20.6 Å². The second-order valence-corrected chi connectivity index (χ2v) is 9.08. The van der Waals surface area contributed by atoms with E-state index in [2.05, 4.69) is 15.3 Å². The van der Waals surface area contributed by atoms with Gasteiger partial charge in [-0.3, -0.25) is 19.6 Å². The second-order valence-electron chi connectivity index (χ2n) is 9.08. The maximum absolute atomic E-state index is 14.8. The molecule has 0 bridgehead atoms. The van der Waals surface area contributed by atoms with Gasteiger partial charge >= 0.3 is 6.09 Å². The minimum absolute atomic E-state index is 0.0395. The van der Waals surface area contributed by atoms with Crippen molar-refractivity contribution in [3.63, 3.8) is 0 Å². The van der Waals surface area contributed by atoms with Crippen LogP contribution >= 0.6 is 0 Å². The number of ether oxygens (including phenoxy) is 3. The van der Waals surface area contributed by atoms with Crippen LogP contribution in [0.3, 0.4) is 0 Å². The number of aliphatic hydroxyl groups excluding tert-OH is 1. The standard InChI is InChI=1S/C26H28FN5O6/c1-36-24-7-5-20-25(30-24)18(19(27)12-28-20)14-31(9-10-33)8-2-3-17-13-32(26(35)38-17)16-4-6-22-21(11-16)29-23(34)15-37-22/h4-7,11-12,17,33H,2-3,8-10,13-15H2,1H3,(H,29,34). The van der Waals surface area contributed by atoms with E-state index < -0.39 is 11.9 Å². The number of methoxy groups -OCH3 is 1. The zero-order chi connectivity index (χ0) is 26.6. The molecule has 1 saturated heterocycles. The molecule has 5 rings (SSSR count). The molecule has 2 aliphatic rings. The highest BCUT2D eigenvalue weighted by Gasteiger charge is 2.33. The van der Waals surface area contributed by atoms with Crippen LogP contribution in [0.2, 0.25) is 0 Å². The van der Waals surface area contributed by atoms with Crippen molar-refractivity contribution in [1.82, 2.24) is 14.9 Å². The van der Waals surface area contributed by atoms with Gasteiger partial charge in [-0.25, -0.2) is 14.2 Å². The molecule has 11 nitrogen and oxygen atoms in total. The number of nitrogens with one attached hydrogen (secondary N) is 1. The Labute approximate surface area is 218 Å². The van der Waals surface area contributed by atoms with Crippen LogP contribution in [0.5, 0.6) is 11.6 Å². The molecule has 38 heavy (non-hydrogen) atoms. The van der Waals surface area contributed by atoms with Gasteiger partial charge < -0.3 is 24.6 Å². The van der Waals surface area contributed by atoms with Crippen LogP contribution in [-0.2, 0) is 16.1 Å². The van der Waals surface area contributed by atoms with Gasteiger partial charge in [0.2, 0.25) is 5.88 Å². The van der Waals surface area contributed by atoms with Crippen LogP contribution in [-0.4, -0.2) is 78.0 Å². The molecule has 12 heteroatoms. The third-order valence-electron chi connectivity index (χ3n) is 6.53. The van der Waals surface area contributed by atoms with E-state index in [4.69, 9.17) is 14.2 Å². The molecule has 2 aromatic heterocycles. The van der Waals surface area contributed by atoms with Crippen molar-refractivity contribution in [2.75, 3.05) is 50.2 Å². The van der Waals surface area contributed by atoms with Gasteiger partial charge in [-0.1, -0.05) is 0 Å². The van der Waals surface area contributed by atoms with Gasteiger partial charge in [0.05, 0.1) is 37.7 Å². The van der Waals surface area contributed by atoms with Gasteiger partial charge in [0, 0.05) is 30.4 Å². The normalized spacial score (nSPS) is 16.8. The van der Waals surface area contributed by atoms with Crippen LogP contribution in [0.15, 0.2) is 36.5 Å². The van der Waals surface area contributed by atoms with Crippen LogP contribution in [0.1, 0.15) is 18.4 Å². The van der Waals surface area contributed by atoms with Gasteiger partial charge in [0.1, 0.15) is 23.2 Å². The van der Waals surface area contributed by atoms with E-state index in [1.807, 2.05) is 4.90 Å². The number of cyclic esters (lactones) is 1. The number of amides is 2. The molecule has 4 heterocycles. The average molecular weight is 526 g/mol. The lowest BCUT2D eigenvalue weighted by atomic mass is 10.1. The summed E-state index contributed by atoms with van der Waals surface area (Å²) in [5.74, 6) is 0.182. The monoisotopic (exact) mass is 525 g/mol. The fourth-order valence-corrected chi connectivity index (χ4v) is 4.64. The molecular formula is C26H28FN5O6. The highest BCUT2D eigenvalue weighted by atomic mass is 19.1. The second kappa shape index (κ2) is 11.2. The van der Waals surface area contributed by atoms with E-state index in [-0.39, 0.29) is 31.8 Å². The van der Waals surface area contributed by atoms with Crippen molar-refractivity contribution in [3.8, 4) is 11.6 Å². The molecule has 2 aliphatic heterocycles. The van der Waals surface area contributed by atoms with Crippen molar-refractivity contribution in [1.29, 1.82) is 0 Å². The van der Waals surface area contributed by atoms with Gasteiger partial charge in [-0.2, -0.15) is 0 Å². The molecule has 1 fully saturated rings. The van der Waals surface area contributed by atoms with Gasteiger partial charge in [0.15, 0.2) is 6.61 Å². The van der Waals surface area contributed by atoms with E-state index in [1.54, 1.807) is 30.3 Å². The van der Waals surface area contributed by atoms with E-state index in [1.165, 1.54) is 18.2 Å². The van der Waals surface area contributed by atoms with Gasteiger partial charge in [0.25, 0.3) is 5.91 Å². The first kappa shape index (κ1) is 25.6. The Kier molecular flexibility index (Phi) is 7.52. The van der Waals surface area contributed by atoms with Crippen LogP contribution < -0.4 is 19.7 Å². The van der Waals surface area contributed by atoms with E-state index in [0.717, 1.165) is 0 Å². The predicted octanol–water partition coefficient (Wildman–Crippen LogP) is 2.71. The summed E-state index contributed by atoms with van der Waals surface area (Å²) in [4.78, 5) is 36.1. The summed E-state index contributed by atoms with van der Waals surface area (Å²) in [6.07, 6.45) is 1.62. The van der Waals surface area contributed by atoms with E-state index in [0.29, 0.717) is 72.1 Å². The molecule has 2 amide bonds. The zero-order valence-electron chi connectivity index (χ0n) is 20.9. The van der Waals surface area contributed by atoms with Crippen molar-refractivity contribution in [2.45, 2.75) is 25.5 Å². The number of halogens is 1. The lowest BCUT2D eigenvalue weighted by Crippen LogP contribution is -2.29. The minimum Gasteiger partial charge on any atom is -0.482 e. The zero-order valence-corrected chi connectivity index (χ0v) is 20.9. The molecule has 1 unspecified atom stereocenters. The lowest BCUT2D eigenvalue weighted by Gasteiger charge is -2.23. The summed E-state index contributed by atoms with van der Waals surface area (Å²) in [6.45, 7) is 1.34. The predicted molar refractivity (Wildman–Crippen MR) is 136 cm³/mol. The number of anilines is 2. The fourth-order valence-electron chi connectivity index (χ4n) is 4.64. The van der Waals surface area contributed by atoms with Crippen molar-refractivity contribution >= 4 is 34.4 Å². The number of nitrogens with zero attached hydrogens (tertiary/aromatic N) is 4. The average Bonchev–Trinajstić information content (AvgIpc) is 3.29. The quantitative estimate of drug-likeness (QED) is 0.411. The van der Waals surface area contributed by atoms with E-state index >= 15 is 0 Å². The number of carbonyl (C=O) groups is 2. The number of aliphatic hydroxyl groups is 1. The highest BCUT2D eigenvalue weighted by Crippen LogP contribution is 2.34. The molecule has 0 spiro atoms. The summed E-state index contributed by atoms with van der Waals surface area (Å²) >= 11 is 0. The molecule has 1 aromatic carbocycles. The number of carbonyl (C=O) groups excluding carboxylic acids is 2. The minimum atomic E-state index is -0.479. The van der Waals surface area contributed by atoms with Crippen molar-refractivity contribution < 1.29 is 33.3 Å². The molecule has 0 radical (unpaired) electrons. The summed E-state index contributed by atoms with van der Waals surface area (Å²) in [5.41, 5.74) is 2.46. The fraction of sp³-hybridized carbons (Fsp3) is 0.385. The largest absolute Gasteiger partial charge is 0.482 e. The Morgan fingerprint density at radius 1 is 1.26 bits per heavy atom. The Balaban J connectivity index is 1.21. The molecule has 1 atom stereocenters. The Morgan fingerprint density at radius 3 is 2.95 bits per heavy atom. The highest BCUT2D eigenvalue weighted by molar-refractivity contribution is 5.97. The van der Waals surface area contributed by atoms with Gasteiger partial charge in [-0.15, -0.1) is 0 Å². The summed E-state index contributed by atoms with van der Waals surface area (Å²) in [5, 5.41) is 12.3. The smallest absolute Gasteiger partial charge is 0.414 e. The first-order valence-corrected chi connectivity index (χ1v) is 12.3. The summed E-state index contributed by atoms with van der Waals surface area (Å²) in [6, 6.07) is 8.55. The Morgan fingerprint density at radius 2 is 2.13 bits per heavy atom. The Hall–Kier alpha value is -4.03. The van der Waals surface area contributed by atoms with E-state index in [9.17, 15) is 19.1 Å². The maximum atomic E-state index is 14.8. The number of aromatic nitrogens is 2. The summed E-state index contributed by atoms with van der Waals surface area (Å²) < 4.78 is 30.9. The third-order valence-corrected chi connectivity index (χ3v) is 6.53. The number of benzene rings is 1. The molecule has 2 N–H and O–H groups in total. The summed E-state index contributed by atoms with van der Waals surface area (Å²) in [7, 11) is 1.49. The van der Waals surface area contributed by atoms with Crippen LogP contribution in [0.25, 0.3) is 11.0 Å². The number of pyridine rings is 2. The van der Waals surface area contributed by atoms with Crippen molar-refractivity contribution in [3.05, 3.63) is 47.9 Å². The van der Waals surface area contributed by atoms with Gasteiger partial charge in [-0.05, 0) is 43.7 Å². The number of hydrogen-bond donors (Lipinski definition) is 2. The number of rotatable bonds is 10. The maximum Gasteiger partial charge on any atom is 0.414 e. The first-order valence-electron chi connectivity index (χ1n) is 12.3. The van der Waals surface area contributed by atoms with Crippen LogP contribution in [0, 0.1) is 5.82 Å².